The van der Waals surface area contributed by atoms with Gasteiger partial charge in [0.05, 0.1) is 6.61 Å². The summed E-state index contributed by atoms with van der Waals surface area (Å²) in [5.41, 5.74) is 0.510. The molecule has 0 aromatic heterocycles. The molecule has 1 unspecified atom stereocenters. The Morgan fingerprint density at radius 2 is 1.81 bits per heavy atom. The summed E-state index contributed by atoms with van der Waals surface area (Å²) in [5.74, 6) is -1.57. The fourth-order valence-electron chi connectivity index (χ4n) is 1.78. The van der Waals surface area contributed by atoms with Gasteiger partial charge in [-0.15, -0.1) is 0 Å². The lowest BCUT2D eigenvalue weighted by Crippen LogP contribution is -2.23. The van der Waals surface area contributed by atoms with Gasteiger partial charge in [-0.25, -0.2) is 8.78 Å². The second-order valence-corrected chi connectivity index (χ2v) is 5.33. The first kappa shape index (κ1) is 17.8. The van der Waals surface area contributed by atoms with Gasteiger partial charge in [-0.1, -0.05) is 13.8 Å². The minimum absolute atomic E-state index is 0.0421. The number of hydrogen-bond acceptors (Lipinski definition) is 4. The fraction of sp³-hybridized carbons (Fsp3) is 0.600. The van der Waals surface area contributed by atoms with Gasteiger partial charge in [0, 0.05) is 13.7 Å². The zero-order valence-electron chi connectivity index (χ0n) is 12.7. The zero-order chi connectivity index (χ0) is 15.8. The Bertz CT molecular complexity index is 418. The van der Waals surface area contributed by atoms with Gasteiger partial charge in [0.15, 0.2) is 17.4 Å². The molecular formula is C15H23F2NO3. The first-order chi connectivity index (χ1) is 9.93. The highest BCUT2D eigenvalue weighted by atomic mass is 19.1. The van der Waals surface area contributed by atoms with Crippen LogP contribution in [-0.2, 0) is 11.3 Å². The van der Waals surface area contributed by atoms with Gasteiger partial charge in [0.2, 0.25) is 0 Å². The number of aliphatic hydroxyl groups is 1. The predicted octanol–water partition coefficient (Wildman–Crippen LogP) is 2.10. The third-order valence-electron chi connectivity index (χ3n) is 2.72. The van der Waals surface area contributed by atoms with Crippen LogP contribution in [0.2, 0.25) is 0 Å². The standard InChI is InChI=1S/C15H23F2NO3/c1-10(2)6-18-7-11-4-13(16)15(14(17)5-11)21-9-12(19)8-20-3/h4-5,10,12,18-19H,6-9H2,1-3H3. The van der Waals surface area contributed by atoms with Crippen molar-refractivity contribution in [1.29, 1.82) is 0 Å². The molecule has 1 aromatic carbocycles. The van der Waals surface area contributed by atoms with Gasteiger partial charge < -0.3 is 19.9 Å². The molecule has 1 atom stereocenters. The smallest absolute Gasteiger partial charge is 0.190 e. The van der Waals surface area contributed by atoms with Crippen LogP contribution >= 0.6 is 0 Å². The monoisotopic (exact) mass is 303 g/mol. The maximum atomic E-state index is 13.8. The van der Waals surface area contributed by atoms with Crippen molar-refractivity contribution in [1.82, 2.24) is 5.32 Å². The van der Waals surface area contributed by atoms with E-state index in [0.29, 0.717) is 18.0 Å². The Labute approximate surface area is 124 Å². The SMILES string of the molecule is COCC(O)COc1c(F)cc(CNCC(C)C)cc1F. The summed E-state index contributed by atoms with van der Waals surface area (Å²) in [6.45, 7) is 5.07. The van der Waals surface area contributed by atoms with Crippen molar-refractivity contribution in [3.63, 3.8) is 0 Å². The lowest BCUT2D eigenvalue weighted by Gasteiger charge is -2.14. The minimum atomic E-state index is -0.929. The first-order valence-corrected chi connectivity index (χ1v) is 6.92. The van der Waals surface area contributed by atoms with E-state index in [0.717, 1.165) is 6.54 Å². The van der Waals surface area contributed by atoms with Gasteiger partial charge in [0.1, 0.15) is 12.7 Å². The molecule has 4 nitrogen and oxygen atoms in total. The third kappa shape index (κ3) is 6.37. The first-order valence-electron chi connectivity index (χ1n) is 6.92. The second-order valence-electron chi connectivity index (χ2n) is 5.33. The van der Waals surface area contributed by atoms with E-state index in [2.05, 4.69) is 19.2 Å². The Kier molecular flexibility index (Phi) is 7.56. The number of nitrogens with one attached hydrogen (secondary N) is 1. The van der Waals surface area contributed by atoms with Gasteiger partial charge in [0.25, 0.3) is 0 Å². The summed E-state index contributed by atoms with van der Waals surface area (Å²) in [6.07, 6.45) is -0.929. The van der Waals surface area contributed by atoms with Crippen molar-refractivity contribution in [2.24, 2.45) is 5.92 Å². The van der Waals surface area contributed by atoms with Crippen molar-refractivity contribution in [3.05, 3.63) is 29.3 Å². The number of hydrogen-bond donors (Lipinski definition) is 2. The van der Waals surface area contributed by atoms with Crippen LogP contribution in [0.1, 0.15) is 19.4 Å². The topological polar surface area (TPSA) is 50.7 Å². The summed E-state index contributed by atoms with van der Waals surface area (Å²) < 4.78 is 37.3. The largest absolute Gasteiger partial charge is 0.485 e. The minimum Gasteiger partial charge on any atom is -0.485 e. The molecule has 6 heteroatoms. The normalized spacial score (nSPS) is 12.7. The summed E-state index contributed by atoms with van der Waals surface area (Å²) in [7, 11) is 1.42. The molecule has 0 saturated heterocycles. The molecule has 2 N–H and O–H groups in total. The highest BCUT2D eigenvalue weighted by molar-refractivity contribution is 5.31. The second kappa shape index (κ2) is 8.92. The van der Waals surface area contributed by atoms with Crippen LogP contribution in [0.15, 0.2) is 12.1 Å². The van der Waals surface area contributed by atoms with Crippen molar-refractivity contribution >= 4 is 0 Å². The van der Waals surface area contributed by atoms with Gasteiger partial charge in [-0.2, -0.15) is 0 Å². The molecule has 0 spiro atoms. The Morgan fingerprint density at radius 3 is 2.33 bits per heavy atom. The van der Waals surface area contributed by atoms with Gasteiger partial charge in [-0.05, 0) is 30.2 Å². The maximum Gasteiger partial charge on any atom is 0.190 e. The summed E-state index contributed by atoms with van der Waals surface area (Å²) in [5, 5.41) is 12.5. The lowest BCUT2D eigenvalue weighted by molar-refractivity contribution is 0.0305. The highest BCUT2D eigenvalue weighted by Gasteiger charge is 2.14. The maximum absolute atomic E-state index is 13.8. The van der Waals surface area contributed by atoms with Crippen LogP contribution < -0.4 is 10.1 Å². The van der Waals surface area contributed by atoms with Crippen molar-refractivity contribution in [2.45, 2.75) is 26.5 Å². The number of ether oxygens (including phenoxy) is 2. The Morgan fingerprint density at radius 1 is 1.19 bits per heavy atom. The molecular weight excluding hydrogens is 280 g/mol. The van der Waals surface area contributed by atoms with Gasteiger partial charge >= 0.3 is 0 Å². The predicted molar refractivity (Wildman–Crippen MR) is 76.3 cm³/mol. The van der Waals surface area contributed by atoms with E-state index < -0.39 is 23.5 Å². The quantitative estimate of drug-likeness (QED) is 0.733. The van der Waals surface area contributed by atoms with Crippen LogP contribution in [0.5, 0.6) is 5.75 Å². The Hall–Kier alpha value is -1.24. The third-order valence-corrected chi connectivity index (χ3v) is 2.72. The molecule has 0 fully saturated rings. The fourth-order valence-corrected chi connectivity index (χ4v) is 1.78. The van der Waals surface area contributed by atoms with E-state index in [1.165, 1.54) is 19.2 Å². The molecule has 0 aliphatic heterocycles. The molecule has 0 aliphatic rings. The zero-order valence-corrected chi connectivity index (χ0v) is 12.7. The van der Waals surface area contributed by atoms with E-state index >= 15 is 0 Å². The molecule has 1 rings (SSSR count). The van der Waals surface area contributed by atoms with Crippen molar-refractivity contribution in [2.75, 3.05) is 26.9 Å². The van der Waals surface area contributed by atoms with E-state index in [1.807, 2.05) is 0 Å². The lowest BCUT2D eigenvalue weighted by atomic mass is 10.1. The van der Waals surface area contributed by atoms with Crippen molar-refractivity contribution < 1.29 is 23.4 Å². The van der Waals surface area contributed by atoms with E-state index in [4.69, 9.17) is 9.47 Å². The van der Waals surface area contributed by atoms with Gasteiger partial charge in [-0.3, -0.25) is 0 Å². The summed E-state index contributed by atoms with van der Waals surface area (Å²) in [6, 6.07) is 2.46. The van der Waals surface area contributed by atoms with E-state index in [-0.39, 0.29) is 13.2 Å². The average molecular weight is 303 g/mol. The van der Waals surface area contributed by atoms with Crippen LogP contribution in [0.3, 0.4) is 0 Å². The summed E-state index contributed by atoms with van der Waals surface area (Å²) >= 11 is 0. The van der Waals surface area contributed by atoms with Crippen LogP contribution in [0.25, 0.3) is 0 Å². The molecule has 0 bridgehead atoms. The molecule has 0 heterocycles. The molecule has 0 amide bonds. The average Bonchev–Trinajstić information content (AvgIpc) is 2.37. The number of halogens is 2. The van der Waals surface area contributed by atoms with Crippen LogP contribution in [0, 0.1) is 17.6 Å². The van der Waals surface area contributed by atoms with Crippen LogP contribution in [-0.4, -0.2) is 38.1 Å². The number of benzene rings is 1. The molecule has 1 aromatic rings. The number of aliphatic hydroxyl groups excluding tert-OH is 1. The Balaban J connectivity index is 2.62. The van der Waals surface area contributed by atoms with Crippen molar-refractivity contribution in [3.8, 4) is 5.75 Å². The molecule has 0 saturated carbocycles. The molecule has 0 radical (unpaired) electrons. The molecule has 120 valence electrons. The van der Waals surface area contributed by atoms with E-state index in [9.17, 15) is 13.9 Å². The number of rotatable bonds is 9. The number of methoxy groups -OCH3 is 1. The van der Waals surface area contributed by atoms with E-state index in [1.54, 1.807) is 0 Å². The van der Waals surface area contributed by atoms with Crippen LogP contribution in [0.4, 0.5) is 8.78 Å². The highest BCUT2D eigenvalue weighted by Crippen LogP contribution is 2.23. The molecule has 21 heavy (non-hydrogen) atoms. The summed E-state index contributed by atoms with van der Waals surface area (Å²) in [4.78, 5) is 0. The molecule has 0 aliphatic carbocycles.